The van der Waals surface area contributed by atoms with Crippen LogP contribution in [0.4, 0.5) is 11.4 Å². The van der Waals surface area contributed by atoms with Crippen LogP contribution < -0.4 is 38.6 Å². The third-order valence-corrected chi connectivity index (χ3v) is 5.92. The van der Waals surface area contributed by atoms with E-state index in [4.69, 9.17) is 32.9 Å². The summed E-state index contributed by atoms with van der Waals surface area (Å²) in [5.41, 5.74) is 0.873. The van der Waals surface area contributed by atoms with Crippen LogP contribution in [0.15, 0.2) is 24.3 Å². The first-order valence-electron chi connectivity index (χ1n) is 9.29. The molecule has 0 radical (unpaired) electrons. The molecule has 0 atom stereocenters. The quantitative estimate of drug-likeness (QED) is 0.446. The third kappa shape index (κ3) is 5.59. The second kappa shape index (κ2) is 10.9. The van der Waals surface area contributed by atoms with Crippen LogP contribution in [-0.4, -0.2) is 49.3 Å². The molecule has 2 aromatic rings. The molecule has 0 unspecified atom stereocenters. The fourth-order valence-electron chi connectivity index (χ4n) is 2.91. The first-order valence-corrected chi connectivity index (χ1v) is 10.9. The Morgan fingerprint density at radius 1 is 0.645 bits per heavy atom. The molecule has 0 heterocycles. The Morgan fingerprint density at radius 3 is 1.19 bits per heavy atom. The Bertz CT molecular complexity index is 818. The topological polar surface area (TPSA) is 106 Å². The highest BCUT2D eigenvalue weighted by molar-refractivity contribution is 7.62. The molecule has 0 aliphatic heterocycles. The molecule has 2 N–H and O–H groups in total. The van der Waals surface area contributed by atoms with E-state index in [2.05, 4.69) is 10.2 Å². The molecule has 172 valence electrons. The van der Waals surface area contributed by atoms with Gasteiger partial charge in [-0.05, 0) is 6.92 Å². The van der Waals surface area contributed by atoms with E-state index >= 15 is 0 Å². The minimum absolute atomic E-state index is 0.187. The Balaban J connectivity index is 2.45. The van der Waals surface area contributed by atoms with E-state index in [0.717, 1.165) is 0 Å². The number of benzene rings is 2. The number of hydrogen-bond donors (Lipinski definition) is 2. The lowest BCUT2D eigenvalue weighted by atomic mass is 10.2. The van der Waals surface area contributed by atoms with E-state index in [1.54, 1.807) is 31.2 Å². The number of anilines is 2. The summed E-state index contributed by atoms with van der Waals surface area (Å²) < 4.78 is 51.2. The molecule has 0 aliphatic carbocycles. The average molecular weight is 456 g/mol. The molecule has 11 heteroatoms. The molecular weight excluding hydrogens is 427 g/mol. The maximum atomic E-state index is 13.6. The van der Waals surface area contributed by atoms with Gasteiger partial charge in [0.2, 0.25) is 11.5 Å². The molecule has 0 saturated carbocycles. The SMILES string of the molecule is CCOP(=O)(Nc1cc(OC)c(OC)c(OC)c1)Nc1cc(OC)c(OC)c(OC)c1. The van der Waals surface area contributed by atoms with Crippen molar-refractivity contribution >= 4 is 19.0 Å². The average Bonchev–Trinajstić information content (AvgIpc) is 2.77. The van der Waals surface area contributed by atoms with Crippen LogP contribution >= 0.6 is 7.67 Å². The monoisotopic (exact) mass is 456 g/mol. The van der Waals surface area contributed by atoms with Gasteiger partial charge in [-0.1, -0.05) is 0 Å². The van der Waals surface area contributed by atoms with Gasteiger partial charge in [0.05, 0.1) is 60.6 Å². The summed E-state index contributed by atoms with van der Waals surface area (Å²) in [5, 5.41) is 5.81. The first-order chi connectivity index (χ1) is 14.9. The predicted molar refractivity (Wildman–Crippen MR) is 119 cm³/mol. The largest absolute Gasteiger partial charge is 0.493 e. The fraction of sp³-hybridized carbons (Fsp3) is 0.400. The van der Waals surface area contributed by atoms with Crippen LogP contribution in [0.5, 0.6) is 34.5 Å². The van der Waals surface area contributed by atoms with Gasteiger partial charge in [-0.15, -0.1) is 0 Å². The van der Waals surface area contributed by atoms with E-state index in [1.165, 1.54) is 42.7 Å². The van der Waals surface area contributed by atoms with Crippen molar-refractivity contribution in [3.63, 3.8) is 0 Å². The second-order valence-corrected chi connectivity index (χ2v) is 7.83. The van der Waals surface area contributed by atoms with Crippen LogP contribution in [0, 0.1) is 0 Å². The highest BCUT2D eigenvalue weighted by Crippen LogP contribution is 2.51. The lowest BCUT2D eigenvalue weighted by Crippen LogP contribution is -2.10. The molecule has 0 spiro atoms. The summed E-state index contributed by atoms with van der Waals surface area (Å²) >= 11 is 0. The Morgan fingerprint density at radius 2 is 0.968 bits per heavy atom. The summed E-state index contributed by atoms with van der Waals surface area (Å²) in [4.78, 5) is 0. The van der Waals surface area contributed by atoms with Gasteiger partial charge in [0.1, 0.15) is 0 Å². The molecule has 0 bridgehead atoms. The van der Waals surface area contributed by atoms with Gasteiger partial charge >= 0.3 is 7.67 Å². The van der Waals surface area contributed by atoms with Crippen molar-refractivity contribution in [2.24, 2.45) is 0 Å². The lowest BCUT2D eigenvalue weighted by molar-refractivity contribution is 0.324. The predicted octanol–water partition coefficient (Wildman–Crippen LogP) is 4.41. The number of nitrogens with one attached hydrogen (secondary N) is 2. The van der Waals surface area contributed by atoms with E-state index in [1.807, 2.05) is 0 Å². The van der Waals surface area contributed by atoms with E-state index < -0.39 is 7.67 Å². The van der Waals surface area contributed by atoms with Crippen molar-refractivity contribution in [3.05, 3.63) is 24.3 Å². The van der Waals surface area contributed by atoms with Crippen molar-refractivity contribution < 1.29 is 37.5 Å². The standard InChI is InChI=1S/C20H29N2O8P/c1-8-30-31(23,21-13-9-15(24-2)19(28-6)16(10-13)25-3)22-14-11-17(26-4)20(29-7)18(12-14)27-5/h9-12H,8H2,1-7H3,(H2,21,22,23). The smallest absolute Gasteiger partial charge is 0.391 e. The Kier molecular flexibility index (Phi) is 8.53. The molecule has 2 rings (SSSR count). The molecule has 0 amide bonds. The van der Waals surface area contributed by atoms with Gasteiger partial charge in [0.25, 0.3) is 0 Å². The van der Waals surface area contributed by atoms with Crippen molar-refractivity contribution in [1.29, 1.82) is 0 Å². The highest BCUT2D eigenvalue weighted by atomic mass is 31.2. The first kappa shape index (κ1) is 24.3. The maximum absolute atomic E-state index is 13.6. The summed E-state index contributed by atoms with van der Waals surface area (Å²) in [6, 6.07) is 6.52. The van der Waals surface area contributed by atoms with E-state index in [-0.39, 0.29) is 6.61 Å². The number of hydrogen-bond acceptors (Lipinski definition) is 8. The molecule has 0 fully saturated rings. The number of methoxy groups -OCH3 is 6. The van der Waals surface area contributed by atoms with Crippen LogP contribution in [0.3, 0.4) is 0 Å². The lowest BCUT2D eigenvalue weighted by Gasteiger charge is -2.23. The number of ether oxygens (including phenoxy) is 6. The van der Waals surface area contributed by atoms with E-state index in [9.17, 15) is 4.57 Å². The molecule has 10 nitrogen and oxygen atoms in total. The molecule has 2 aromatic carbocycles. The summed E-state index contributed by atoms with van der Waals surface area (Å²) in [6.45, 7) is 1.92. The minimum atomic E-state index is -3.64. The second-order valence-electron chi connectivity index (χ2n) is 6.02. The zero-order valence-electron chi connectivity index (χ0n) is 18.7. The molecule has 31 heavy (non-hydrogen) atoms. The van der Waals surface area contributed by atoms with Crippen LogP contribution in [-0.2, 0) is 9.09 Å². The van der Waals surface area contributed by atoms with Crippen molar-refractivity contribution in [2.45, 2.75) is 6.92 Å². The van der Waals surface area contributed by atoms with Gasteiger partial charge in [0.15, 0.2) is 23.0 Å². The highest BCUT2D eigenvalue weighted by Gasteiger charge is 2.26. The normalized spacial score (nSPS) is 10.8. The van der Waals surface area contributed by atoms with Gasteiger partial charge < -0.3 is 28.4 Å². The van der Waals surface area contributed by atoms with Gasteiger partial charge in [-0.3, -0.25) is 14.7 Å². The summed E-state index contributed by atoms with van der Waals surface area (Å²) in [5.74, 6) is 2.44. The van der Waals surface area contributed by atoms with Crippen molar-refractivity contribution in [2.75, 3.05) is 59.4 Å². The van der Waals surface area contributed by atoms with Crippen molar-refractivity contribution in [3.8, 4) is 34.5 Å². The maximum Gasteiger partial charge on any atom is 0.391 e. The molecular formula is C20H29N2O8P. The fourth-order valence-corrected chi connectivity index (χ4v) is 4.39. The van der Waals surface area contributed by atoms with Gasteiger partial charge in [0, 0.05) is 24.3 Å². The molecule has 0 saturated heterocycles. The summed E-state index contributed by atoms with van der Waals surface area (Å²) in [7, 11) is 5.36. The Hall–Kier alpha value is -2.97. The van der Waals surface area contributed by atoms with Gasteiger partial charge in [-0.2, -0.15) is 0 Å². The zero-order valence-corrected chi connectivity index (χ0v) is 19.6. The van der Waals surface area contributed by atoms with Crippen molar-refractivity contribution in [1.82, 2.24) is 0 Å². The number of rotatable bonds is 12. The van der Waals surface area contributed by atoms with Gasteiger partial charge in [-0.25, -0.2) is 4.57 Å². The van der Waals surface area contributed by atoms with Crippen LogP contribution in [0.1, 0.15) is 6.92 Å². The van der Waals surface area contributed by atoms with E-state index in [0.29, 0.717) is 45.9 Å². The summed E-state index contributed by atoms with van der Waals surface area (Å²) in [6.07, 6.45) is 0. The zero-order chi connectivity index (χ0) is 23.0. The van der Waals surface area contributed by atoms with Crippen LogP contribution in [0.2, 0.25) is 0 Å². The molecule has 0 aromatic heterocycles. The van der Waals surface area contributed by atoms with Crippen LogP contribution in [0.25, 0.3) is 0 Å². The Labute approximate surface area is 182 Å². The molecule has 0 aliphatic rings. The minimum Gasteiger partial charge on any atom is -0.493 e. The third-order valence-electron chi connectivity index (χ3n) is 4.19.